The van der Waals surface area contributed by atoms with E-state index in [4.69, 9.17) is 10.5 Å². The van der Waals surface area contributed by atoms with Gasteiger partial charge < -0.3 is 10.5 Å². The molecule has 1 saturated heterocycles. The Balaban J connectivity index is 1.79. The first-order valence-corrected chi connectivity index (χ1v) is 7.02. The second-order valence-electron chi connectivity index (χ2n) is 4.12. The van der Waals surface area contributed by atoms with Crippen LogP contribution in [0.4, 0.5) is 0 Å². The summed E-state index contributed by atoms with van der Waals surface area (Å²) in [5, 5.41) is 0. The van der Waals surface area contributed by atoms with Crippen molar-refractivity contribution in [2.75, 3.05) is 12.4 Å². The molecule has 1 atom stereocenters. The molecule has 3 heteroatoms. The topological polar surface area (TPSA) is 35.2 Å². The molecule has 1 heterocycles. The van der Waals surface area contributed by atoms with Crippen molar-refractivity contribution in [2.45, 2.75) is 31.2 Å². The fourth-order valence-corrected chi connectivity index (χ4v) is 3.12. The summed E-state index contributed by atoms with van der Waals surface area (Å²) in [6, 6.07) is 8.42. The quantitative estimate of drug-likeness (QED) is 0.855. The predicted octanol–water partition coefficient (Wildman–Crippen LogP) is 2.56. The molecule has 0 bridgehead atoms. The van der Waals surface area contributed by atoms with Crippen LogP contribution in [0.1, 0.15) is 24.0 Å². The van der Waals surface area contributed by atoms with Crippen molar-refractivity contribution in [3.8, 4) is 0 Å². The molecular formula is C13H19NOS. The van der Waals surface area contributed by atoms with E-state index in [1.807, 2.05) is 11.8 Å². The van der Waals surface area contributed by atoms with E-state index in [1.54, 1.807) is 0 Å². The SMILES string of the molecule is NCc1ccccc1CSCC1CCCO1. The van der Waals surface area contributed by atoms with Crippen LogP contribution in [0.3, 0.4) is 0 Å². The van der Waals surface area contributed by atoms with Gasteiger partial charge in [-0.1, -0.05) is 24.3 Å². The number of hydrogen-bond acceptors (Lipinski definition) is 3. The lowest BCUT2D eigenvalue weighted by Gasteiger charge is -2.10. The summed E-state index contributed by atoms with van der Waals surface area (Å²) < 4.78 is 5.60. The maximum atomic E-state index is 5.71. The minimum absolute atomic E-state index is 0.482. The summed E-state index contributed by atoms with van der Waals surface area (Å²) in [7, 11) is 0. The number of ether oxygens (including phenoxy) is 1. The first-order chi connectivity index (χ1) is 7.90. The Kier molecular flexibility index (Phi) is 4.69. The molecule has 1 aliphatic heterocycles. The van der Waals surface area contributed by atoms with Gasteiger partial charge in [-0.2, -0.15) is 11.8 Å². The highest BCUT2D eigenvalue weighted by Gasteiger charge is 2.15. The Hall–Kier alpha value is -0.510. The van der Waals surface area contributed by atoms with Crippen LogP contribution in [0.5, 0.6) is 0 Å². The molecule has 1 unspecified atom stereocenters. The van der Waals surface area contributed by atoms with Crippen LogP contribution in [0, 0.1) is 0 Å². The van der Waals surface area contributed by atoms with Crippen LogP contribution < -0.4 is 5.73 Å². The van der Waals surface area contributed by atoms with Gasteiger partial charge in [0.2, 0.25) is 0 Å². The van der Waals surface area contributed by atoms with E-state index in [0.29, 0.717) is 12.6 Å². The molecule has 0 radical (unpaired) electrons. The van der Waals surface area contributed by atoms with Gasteiger partial charge in [0, 0.05) is 24.7 Å². The zero-order valence-corrected chi connectivity index (χ0v) is 10.3. The zero-order valence-electron chi connectivity index (χ0n) is 9.52. The molecule has 88 valence electrons. The molecule has 1 aromatic carbocycles. The molecule has 1 aromatic rings. The molecule has 16 heavy (non-hydrogen) atoms. The number of rotatable bonds is 5. The first kappa shape index (κ1) is 12.0. The van der Waals surface area contributed by atoms with Crippen LogP contribution in [-0.2, 0) is 17.0 Å². The fraction of sp³-hybridized carbons (Fsp3) is 0.538. The first-order valence-electron chi connectivity index (χ1n) is 5.86. The van der Waals surface area contributed by atoms with Crippen molar-refractivity contribution in [1.29, 1.82) is 0 Å². The summed E-state index contributed by atoms with van der Waals surface area (Å²) >= 11 is 1.95. The van der Waals surface area contributed by atoms with E-state index in [2.05, 4.69) is 24.3 Å². The summed E-state index contributed by atoms with van der Waals surface area (Å²) in [4.78, 5) is 0. The third-order valence-corrected chi connectivity index (χ3v) is 4.05. The maximum absolute atomic E-state index is 5.71. The van der Waals surface area contributed by atoms with Gasteiger partial charge in [0.05, 0.1) is 6.10 Å². The molecule has 1 aliphatic rings. The Labute approximate surface area is 102 Å². The van der Waals surface area contributed by atoms with Crippen LogP contribution in [0.15, 0.2) is 24.3 Å². The third kappa shape index (κ3) is 3.24. The largest absolute Gasteiger partial charge is 0.377 e. The second kappa shape index (κ2) is 6.28. The highest BCUT2D eigenvalue weighted by atomic mass is 32.2. The summed E-state index contributed by atoms with van der Waals surface area (Å²) in [5.41, 5.74) is 8.35. The van der Waals surface area contributed by atoms with Crippen LogP contribution in [0.25, 0.3) is 0 Å². The van der Waals surface area contributed by atoms with Crippen molar-refractivity contribution in [2.24, 2.45) is 5.73 Å². The van der Waals surface area contributed by atoms with Gasteiger partial charge >= 0.3 is 0 Å². The van der Waals surface area contributed by atoms with Gasteiger partial charge in [0.25, 0.3) is 0 Å². The highest BCUT2D eigenvalue weighted by molar-refractivity contribution is 7.98. The number of nitrogens with two attached hydrogens (primary N) is 1. The van der Waals surface area contributed by atoms with E-state index < -0.39 is 0 Å². The molecule has 1 fully saturated rings. The van der Waals surface area contributed by atoms with Crippen molar-refractivity contribution < 1.29 is 4.74 Å². The monoisotopic (exact) mass is 237 g/mol. The Morgan fingerprint density at radius 1 is 1.31 bits per heavy atom. The molecular weight excluding hydrogens is 218 g/mol. The van der Waals surface area contributed by atoms with Gasteiger partial charge in [0.1, 0.15) is 0 Å². The molecule has 0 saturated carbocycles. The minimum Gasteiger partial charge on any atom is -0.377 e. The van der Waals surface area contributed by atoms with Crippen LogP contribution >= 0.6 is 11.8 Å². The van der Waals surface area contributed by atoms with Gasteiger partial charge in [-0.3, -0.25) is 0 Å². The van der Waals surface area contributed by atoms with Gasteiger partial charge in [0.15, 0.2) is 0 Å². The summed E-state index contributed by atoms with van der Waals surface area (Å²) in [6.45, 7) is 1.58. The smallest absolute Gasteiger partial charge is 0.0666 e. The maximum Gasteiger partial charge on any atom is 0.0666 e. The average Bonchev–Trinajstić information content (AvgIpc) is 2.83. The Morgan fingerprint density at radius 3 is 2.81 bits per heavy atom. The van der Waals surface area contributed by atoms with Gasteiger partial charge in [-0.15, -0.1) is 0 Å². The predicted molar refractivity (Wildman–Crippen MR) is 69.5 cm³/mol. The van der Waals surface area contributed by atoms with Crippen LogP contribution in [0.2, 0.25) is 0 Å². The minimum atomic E-state index is 0.482. The molecule has 2 N–H and O–H groups in total. The van der Waals surface area contributed by atoms with Gasteiger partial charge in [-0.05, 0) is 24.0 Å². The summed E-state index contributed by atoms with van der Waals surface area (Å²) in [6.07, 6.45) is 2.94. The highest BCUT2D eigenvalue weighted by Crippen LogP contribution is 2.21. The average molecular weight is 237 g/mol. The van der Waals surface area contributed by atoms with E-state index in [9.17, 15) is 0 Å². The van der Waals surface area contributed by atoms with Crippen molar-refractivity contribution in [3.05, 3.63) is 35.4 Å². The molecule has 0 amide bonds. The lowest BCUT2D eigenvalue weighted by atomic mass is 10.1. The van der Waals surface area contributed by atoms with E-state index in [1.165, 1.54) is 24.0 Å². The van der Waals surface area contributed by atoms with E-state index >= 15 is 0 Å². The molecule has 2 nitrogen and oxygen atoms in total. The van der Waals surface area contributed by atoms with Crippen molar-refractivity contribution in [1.82, 2.24) is 0 Å². The zero-order chi connectivity index (χ0) is 11.2. The van der Waals surface area contributed by atoms with Gasteiger partial charge in [-0.25, -0.2) is 0 Å². The van der Waals surface area contributed by atoms with Crippen molar-refractivity contribution >= 4 is 11.8 Å². The van der Waals surface area contributed by atoms with E-state index in [-0.39, 0.29) is 0 Å². The molecule has 0 spiro atoms. The third-order valence-electron chi connectivity index (χ3n) is 2.92. The molecule has 0 aliphatic carbocycles. The standard InChI is InChI=1S/C13H19NOS/c14-8-11-4-1-2-5-12(11)9-16-10-13-6-3-7-15-13/h1-2,4-5,13H,3,6-10,14H2. The number of thioether (sulfide) groups is 1. The normalized spacial score (nSPS) is 20.2. The van der Waals surface area contributed by atoms with E-state index in [0.717, 1.165) is 18.1 Å². The number of benzene rings is 1. The number of hydrogen-bond donors (Lipinski definition) is 1. The molecule has 0 aromatic heterocycles. The van der Waals surface area contributed by atoms with Crippen molar-refractivity contribution in [3.63, 3.8) is 0 Å². The lowest BCUT2D eigenvalue weighted by Crippen LogP contribution is -2.08. The Morgan fingerprint density at radius 2 is 2.12 bits per heavy atom. The fourth-order valence-electron chi connectivity index (χ4n) is 1.97. The summed E-state index contributed by atoms with van der Waals surface area (Å²) in [5.74, 6) is 2.16. The van der Waals surface area contributed by atoms with Crippen LogP contribution in [-0.4, -0.2) is 18.5 Å². The second-order valence-corrected chi connectivity index (χ2v) is 5.15. The lowest BCUT2D eigenvalue weighted by molar-refractivity contribution is 0.129. The molecule has 2 rings (SSSR count). The Bertz CT molecular complexity index is 323.